The summed E-state index contributed by atoms with van der Waals surface area (Å²) < 4.78 is 0. The highest BCUT2D eigenvalue weighted by Crippen LogP contribution is 2.11. The van der Waals surface area contributed by atoms with Crippen LogP contribution in [0.25, 0.3) is 0 Å². The van der Waals surface area contributed by atoms with Crippen molar-refractivity contribution in [3.8, 4) is 0 Å². The van der Waals surface area contributed by atoms with E-state index in [0.29, 0.717) is 6.04 Å². The van der Waals surface area contributed by atoms with Gasteiger partial charge in [-0.3, -0.25) is 0 Å². The molecule has 0 aromatic rings. The highest BCUT2D eigenvalue weighted by molar-refractivity contribution is 4.75. The van der Waals surface area contributed by atoms with Crippen LogP contribution in [0.5, 0.6) is 0 Å². The quantitative estimate of drug-likeness (QED) is 0.647. The summed E-state index contributed by atoms with van der Waals surface area (Å²) in [5.74, 6) is 0.786. The molecule has 0 saturated heterocycles. The summed E-state index contributed by atoms with van der Waals surface area (Å²) in [6, 6.07) is 0.657. The highest BCUT2D eigenvalue weighted by atomic mass is 15.1. The van der Waals surface area contributed by atoms with Crippen LogP contribution in [-0.2, 0) is 0 Å². The zero-order valence-electron chi connectivity index (χ0n) is 10.6. The Bertz CT molecular complexity index is 123. The van der Waals surface area contributed by atoms with Crippen molar-refractivity contribution in [2.24, 2.45) is 5.92 Å². The lowest BCUT2D eigenvalue weighted by Gasteiger charge is -2.27. The molecule has 0 aliphatic heterocycles. The minimum absolute atomic E-state index is 0.657. The van der Waals surface area contributed by atoms with E-state index in [0.717, 1.165) is 19.0 Å². The molecule has 0 rings (SSSR count). The van der Waals surface area contributed by atoms with Gasteiger partial charge in [-0.1, -0.05) is 27.2 Å². The van der Waals surface area contributed by atoms with Crippen molar-refractivity contribution in [3.63, 3.8) is 0 Å². The summed E-state index contributed by atoms with van der Waals surface area (Å²) in [4.78, 5) is 2.28. The third kappa shape index (κ3) is 6.39. The van der Waals surface area contributed by atoms with Crippen LogP contribution in [0.2, 0.25) is 0 Å². The predicted molar refractivity (Wildman–Crippen MR) is 64.7 cm³/mol. The molecule has 14 heavy (non-hydrogen) atoms. The standard InChI is InChI=1S/C12H28N2/c1-6-8-11(3)12(10-14(4)5)13-9-7-2/h11-13H,6-10H2,1-5H3. The highest BCUT2D eigenvalue weighted by Gasteiger charge is 2.15. The van der Waals surface area contributed by atoms with E-state index in [4.69, 9.17) is 0 Å². The van der Waals surface area contributed by atoms with Crippen LogP contribution in [0, 0.1) is 5.92 Å². The second-order valence-corrected chi connectivity index (χ2v) is 4.59. The van der Waals surface area contributed by atoms with Crippen molar-refractivity contribution < 1.29 is 0 Å². The Hall–Kier alpha value is -0.0800. The molecule has 2 nitrogen and oxygen atoms in total. The average molecular weight is 200 g/mol. The fraction of sp³-hybridized carbons (Fsp3) is 1.00. The molecule has 0 aliphatic rings. The average Bonchev–Trinajstić information content (AvgIpc) is 2.12. The second kappa shape index (κ2) is 8.25. The predicted octanol–water partition coefficient (Wildman–Crippen LogP) is 2.35. The van der Waals surface area contributed by atoms with E-state index in [1.165, 1.54) is 19.3 Å². The molecule has 0 aliphatic carbocycles. The van der Waals surface area contributed by atoms with Crippen LogP contribution in [0.15, 0.2) is 0 Å². The summed E-state index contributed by atoms with van der Waals surface area (Å²) in [5.41, 5.74) is 0. The summed E-state index contributed by atoms with van der Waals surface area (Å²) in [7, 11) is 4.30. The molecule has 2 atom stereocenters. The van der Waals surface area contributed by atoms with Crippen LogP contribution in [0.3, 0.4) is 0 Å². The Labute approximate surface area is 90.1 Å². The molecule has 0 heterocycles. The smallest absolute Gasteiger partial charge is 0.0220 e. The number of rotatable bonds is 8. The third-order valence-electron chi connectivity index (χ3n) is 2.65. The zero-order valence-corrected chi connectivity index (χ0v) is 10.6. The molecule has 86 valence electrons. The van der Waals surface area contributed by atoms with Crippen molar-refractivity contribution in [1.29, 1.82) is 0 Å². The van der Waals surface area contributed by atoms with E-state index in [-0.39, 0.29) is 0 Å². The van der Waals surface area contributed by atoms with Crippen molar-refractivity contribution in [3.05, 3.63) is 0 Å². The van der Waals surface area contributed by atoms with Gasteiger partial charge in [0.1, 0.15) is 0 Å². The van der Waals surface area contributed by atoms with Gasteiger partial charge in [0, 0.05) is 12.6 Å². The Balaban J connectivity index is 3.94. The van der Waals surface area contributed by atoms with E-state index >= 15 is 0 Å². The lowest BCUT2D eigenvalue weighted by atomic mass is 9.96. The van der Waals surface area contributed by atoms with Crippen molar-refractivity contribution >= 4 is 0 Å². The summed E-state index contributed by atoms with van der Waals surface area (Å²) in [6.07, 6.45) is 3.84. The molecule has 0 aromatic carbocycles. The fourth-order valence-corrected chi connectivity index (χ4v) is 1.83. The van der Waals surface area contributed by atoms with Gasteiger partial charge in [0.15, 0.2) is 0 Å². The van der Waals surface area contributed by atoms with Gasteiger partial charge in [-0.05, 0) is 39.4 Å². The Morgan fingerprint density at radius 1 is 1.14 bits per heavy atom. The number of nitrogens with zero attached hydrogens (tertiary/aromatic N) is 1. The fourth-order valence-electron chi connectivity index (χ4n) is 1.83. The lowest BCUT2D eigenvalue weighted by molar-refractivity contribution is 0.269. The maximum absolute atomic E-state index is 3.64. The van der Waals surface area contributed by atoms with Crippen molar-refractivity contribution in [1.82, 2.24) is 10.2 Å². The molecule has 0 spiro atoms. The minimum atomic E-state index is 0.657. The van der Waals surface area contributed by atoms with Gasteiger partial charge < -0.3 is 10.2 Å². The van der Waals surface area contributed by atoms with E-state index in [9.17, 15) is 0 Å². The van der Waals surface area contributed by atoms with E-state index in [1.54, 1.807) is 0 Å². The first kappa shape index (κ1) is 13.9. The monoisotopic (exact) mass is 200 g/mol. The molecule has 0 amide bonds. The summed E-state index contributed by atoms with van der Waals surface area (Å²) >= 11 is 0. The van der Waals surface area contributed by atoms with Gasteiger partial charge in [0.2, 0.25) is 0 Å². The van der Waals surface area contributed by atoms with E-state index in [2.05, 4.69) is 45.1 Å². The molecular weight excluding hydrogens is 172 g/mol. The second-order valence-electron chi connectivity index (χ2n) is 4.59. The van der Waals surface area contributed by atoms with Crippen LogP contribution >= 0.6 is 0 Å². The molecule has 0 fully saturated rings. The molecule has 0 radical (unpaired) electrons. The normalized spacial score (nSPS) is 15.9. The van der Waals surface area contributed by atoms with E-state index in [1.807, 2.05) is 0 Å². The summed E-state index contributed by atoms with van der Waals surface area (Å²) in [6.45, 7) is 9.15. The topological polar surface area (TPSA) is 15.3 Å². The largest absolute Gasteiger partial charge is 0.312 e. The van der Waals surface area contributed by atoms with Crippen LogP contribution in [-0.4, -0.2) is 38.1 Å². The first-order valence-electron chi connectivity index (χ1n) is 5.99. The third-order valence-corrected chi connectivity index (χ3v) is 2.65. The SMILES string of the molecule is CCCNC(CN(C)C)C(C)CCC. The number of hydrogen-bond donors (Lipinski definition) is 1. The number of nitrogens with one attached hydrogen (secondary N) is 1. The molecular formula is C12H28N2. The van der Waals surface area contributed by atoms with Crippen molar-refractivity contribution in [2.75, 3.05) is 27.2 Å². The Kier molecular flexibility index (Phi) is 8.20. The van der Waals surface area contributed by atoms with Gasteiger partial charge in [-0.15, -0.1) is 0 Å². The molecule has 1 N–H and O–H groups in total. The molecule has 2 heteroatoms. The molecule has 0 saturated carbocycles. The molecule has 0 bridgehead atoms. The number of likely N-dealkylation sites (N-methyl/N-ethyl adjacent to an activating group) is 1. The maximum atomic E-state index is 3.64. The molecule has 0 aromatic heterocycles. The van der Waals surface area contributed by atoms with Gasteiger partial charge in [0.05, 0.1) is 0 Å². The lowest BCUT2D eigenvalue weighted by Crippen LogP contribution is -2.43. The van der Waals surface area contributed by atoms with Crippen LogP contribution in [0.1, 0.15) is 40.0 Å². The molecule has 2 unspecified atom stereocenters. The van der Waals surface area contributed by atoms with Crippen molar-refractivity contribution in [2.45, 2.75) is 46.1 Å². The van der Waals surface area contributed by atoms with Gasteiger partial charge in [-0.25, -0.2) is 0 Å². The van der Waals surface area contributed by atoms with Crippen LogP contribution < -0.4 is 5.32 Å². The first-order valence-corrected chi connectivity index (χ1v) is 5.99. The first-order chi connectivity index (χ1) is 6.61. The van der Waals surface area contributed by atoms with Gasteiger partial charge >= 0.3 is 0 Å². The maximum Gasteiger partial charge on any atom is 0.0220 e. The summed E-state index contributed by atoms with van der Waals surface area (Å²) in [5, 5.41) is 3.64. The Morgan fingerprint density at radius 2 is 1.79 bits per heavy atom. The number of hydrogen-bond acceptors (Lipinski definition) is 2. The zero-order chi connectivity index (χ0) is 11.0. The van der Waals surface area contributed by atoms with Gasteiger partial charge in [-0.2, -0.15) is 0 Å². The van der Waals surface area contributed by atoms with Crippen LogP contribution in [0.4, 0.5) is 0 Å². The van der Waals surface area contributed by atoms with E-state index < -0.39 is 0 Å². The van der Waals surface area contributed by atoms with Gasteiger partial charge in [0.25, 0.3) is 0 Å². The Morgan fingerprint density at radius 3 is 2.21 bits per heavy atom. The minimum Gasteiger partial charge on any atom is -0.312 e.